The van der Waals surface area contributed by atoms with Crippen LogP contribution in [-0.4, -0.2) is 56.0 Å². The summed E-state index contributed by atoms with van der Waals surface area (Å²) in [5.74, 6) is 0.410. The molecule has 7 nitrogen and oxygen atoms in total. The van der Waals surface area contributed by atoms with Crippen LogP contribution in [-0.2, 0) is 42.4 Å². The van der Waals surface area contributed by atoms with Gasteiger partial charge in [0.05, 0.1) is 5.69 Å². The Morgan fingerprint density at radius 2 is 1.75 bits per heavy atom. The van der Waals surface area contributed by atoms with Crippen LogP contribution in [0, 0.1) is 0 Å². The first-order chi connectivity index (χ1) is 15.6. The van der Waals surface area contributed by atoms with Crippen LogP contribution >= 0.6 is 0 Å². The molecule has 0 unspecified atom stereocenters. The number of likely N-dealkylation sites (tertiary alicyclic amines) is 1. The number of para-hydroxylation sites is 1. The van der Waals surface area contributed by atoms with E-state index >= 15 is 0 Å². The van der Waals surface area contributed by atoms with Crippen LogP contribution in [0.4, 0.5) is 0 Å². The van der Waals surface area contributed by atoms with E-state index in [0.29, 0.717) is 25.8 Å². The van der Waals surface area contributed by atoms with E-state index in [9.17, 15) is 9.59 Å². The zero-order valence-electron chi connectivity index (χ0n) is 18.8. The Labute approximate surface area is 188 Å². The summed E-state index contributed by atoms with van der Waals surface area (Å²) in [6, 6.07) is 8.21. The van der Waals surface area contributed by atoms with Gasteiger partial charge in [0.1, 0.15) is 0 Å². The second-order valence-corrected chi connectivity index (χ2v) is 9.01. The molecule has 1 saturated heterocycles. The molecule has 1 fully saturated rings. The molecule has 0 atom stereocenters. The summed E-state index contributed by atoms with van der Waals surface area (Å²) in [7, 11) is 1.97. The fourth-order valence-electron chi connectivity index (χ4n) is 5.17. The number of aryl methyl sites for hydroxylation is 3. The molecular formula is C25H31N5O2. The molecule has 7 heteroatoms. The zero-order chi connectivity index (χ0) is 22.1. The van der Waals surface area contributed by atoms with Crippen LogP contribution in [0.1, 0.15) is 48.2 Å². The Morgan fingerprint density at radius 1 is 1.00 bits per heavy atom. The highest BCUT2D eigenvalue weighted by molar-refractivity contribution is 5.84. The molecule has 2 aliphatic rings. The van der Waals surface area contributed by atoms with Crippen LogP contribution in [0.5, 0.6) is 0 Å². The highest BCUT2D eigenvalue weighted by Crippen LogP contribution is 2.25. The van der Waals surface area contributed by atoms with Crippen molar-refractivity contribution in [3.05, 3.63) is 53.0 Å². The zero-order valence-corrected chi connectivity index (χ0v) is 18.8. The Balaban J connectivity index is 1.22. The van der Waals surface area contributed by atoms with Crippen LogP contribution in [0.15, 0.2) is 30.5 Å². The number of nitrogens with one attached hydrogen (secondary N) is 1. The minimum atomic E-state index is 0.184. The van der Waals surface area contributed by atoms with E-state index in [1.807, 2.05) is 39.9 Å². The summed E-state index contributed by atoms with van der Waals surface area (Å²) < 4.78 is 1.94. The van der Waals surface area contributed by atoms with Gasteiger partial charge in [-0.2, -0.15) is 5.10 Å². The van der Waals surface area contributed by atoms with Gasteiger partial charge in [0.2, 0.25) is 11.8 Å². The van der Waals surface area contributed by atoms with Gasteiger partial charge in [-0.05, 0) is 30.9 Å². The molecule has 5 rings (SSSR count). The highest BCUT2D eigenvalue weighted by Gasteiger charge is 2.27. The van der Waals surface area contributed by atoms with Crippen molar-refractivity contribution in [2.24, 2.45) is 7.05 Å². The second kappa shape index (κ2) is 8.81. The number of fused-ring (bicyclic) bond motifs is 2. The predicted molar refractivity (Wildman–Crippen MR) is 123 cm³/mol. The standard InChI is InChI=1S/C25H31N5O2/c1-28-23-12-15-30(25(32)10-8-18-16-26-21-7-3-2-6-19(18)21)17-20(23)22(27-28)9-11-24(31)29-13-4-5-14-29/h2-3,6-7,16,26H,4-5,8-15,17H2,1H3. The molecule has 2 aliphatic heterocycles. The largest absolute Gasteiger partial charge is 0.361 e. The number of hydrogen-bond acceptors (Lipinski definition) is 3. The lowest BCUT2D eigenvalue weighted by Crippen LogP contribution is -2.36. The van der Waals surface area contributed by atoms with E-state index in [2.05, 4.69) is 17.1 Å². The summed E-state index contributed by atoms with van der Waals surface area (Å²) in [4.78, 5) is 32.7. The number of carbonyl (C=O) groups excluding carboxylic acids is 2. The number of hydrogen-bond donors (Lipinski definition) is 1. The summed E-state index contributed by atoms with van der Waals surface area (Å²) in [5.41, 5.74) is 5.63. The Kier molecular flexibility index (Phi) is 5.72. The average molecular weight is 434 g/mol. The third kappa shape index (κ3) is 4.04. The van der Waals surface area contributed by atoms with Crippen LogP contribution in [0.3, 0.4) is 0 Å². The van der Waals surface area contributed by atoms with Gasteiger partial charge in [-0.1, -0.05) is 18.2 Å². The van der Waals surface area contributed by atoms with Gasteiger partial charge in [0.15, 0.2) is 0 Å². The average Bonchev–Trinajstić information content (AvgIpc) is 3.55. The van der Waals surface area contributed by atoms with Crippen molar-refractivity contribution >= 4 is 22.7 Å². The topological polar surface area (TPSA) is 74.2 Å². The van der Waals surface area contributed by atoms with E-state index in [0.717, 1.165) is 62.1 Å². The van der Waals surface area contributed by atoms with Crippen molar-refractivity contribution in [3.8, 4) is 0 Å². The number of H-pyrrole nitrogens is 1. The number of nitrogens with zero attached hydrogens (tertiary/aromatic N) is 4. The molecular weight excluding hydrogens is 402 g/mol. The minimum Gasteiger partial charge on any atom is -0.361 e. The number of amides is 2. The number of aromatic amines is 1. The Bertz CT molecular complexity index is 1140. The summed E-state index contributed by atoms with van der Waals surface area (Å²) in [5, 5.41) is 5.90. The molecule has 0 saturated carbocycles. The molecule has 2 aromatic heterocycles. The third-order valence-electron chi connectivity index (χ3n) is 7.00. The summed E-state index contributed by atoms with van der Waals surface area (Å²) in [6.07, 6.45) is 7.44. The van der Waals surface area contributed by atoms with Crippen LogP contribution < -0.4 is 0 Å². The predicted octanol–water partition coefficient (Wildman–Crippen LogP) is 2.97. The molecule has 1 aromatic carbocycles. The SMILES string of the molecule is Cn1nc(CCC(=O)N2CCCC2)c2c1CCN(C(=O)CCc1c[nH]c3ccccc13)C2. The van der Waals surface area contributed by atoms with Crippen LogP contribution in [0.25, 0.3) is 10.9 Å². The van der Waals surface area contributed by atoms with Gasteiger partial charge >= 0.3 is 0 Å². The first kappa shape index (κ1) is 20.8. The van der Waals surface area contributed by atoms with Gasteiger partial charge in [-0.25, -0.2) is 0 Å². The fourth-order valence-corrected chi connectivity index (χ4v) is 5.17. The van der Waals surface area contributed by atoms with Crippen molar-refractivity contribution in [1.82, 2.24) is 24.6 Å². The molecule has 0 bridgehead atoms. The fraction of sp³-hybridized carbons (Fsp3) is 0.480. The maximum atomic E-state index is 13.0. The smallest absolute Gasteiger partial charge is 0.223 e. The quantitative estimate of drug-likeness (QED) is 0.650. The number of rotatable bonds is 6. The number of carbonyl (C=O) groups is 2. The van der Waals surface area contributed by atoms with Crippen molar-refractivity contribution < 1.29 is 9.59 Å². The van der Waals surface area contributed by atoms with Gasteiger partial charge in [-0.15, -0.1) is 0 Å². The Hall–Kier alpha value is -3.09. The van der Waals surface area contributed by atoms with Crippen molar-refractivity contribution in [2.75, 3.05) is 19.6 Å². The minimum absolute atomic E-state index is 0.184. The van der Waals surface area contributed by atoms with Gasteiger partial charge < -0.3 is 14.8 Å². The molecule has 2 amide bonds. The van der Waals surface area contributed by atoms with E-state index < -0.39 is 0 Å². The van der Waals surface area contributed by atoms with Gasteiger partial charge in [-0.3, -0.25) is 14.3 Å². The van der Waals surface area contributed by atoms with E-state index in [1.54, 1.807) is 0 Å². The third-order valence-corrected chi connectivity index (χ3v) is 7.00. The molecule has 0 radical (unpaired) electrons. The number of aromatic nitrogens is 3. The molecule has 0 aliphatic carbocycles. The van der Waals surface area contributed by atoms with E-state index in [-0.39, 0.29) is 11.8 Å². The molecule has 32 heavy (non-hydrogen) atoms. The highest BCUT2D eigenvalue weighted by atomic mass is 16.2. The monoisotopic (exact) mass is 433 g/mol. The summed E-state index contributed by atoms with van der Waals surface area (Å²) in [6.45, 7) is 3.10. The molecule has 1 N–H and O–H groups in total. The first-order valence-electron chi connectivity index (χ1n) is 11.7. The van der Waals surface area contributed by atoms with Gasteiger partial charge in [0, 0.05) is 87.3 Å². The normalized spacial score (nSPS) is 16.0. The lowest BCUT2D eigenvalue weighted by molar-refractivity contribution is -0.132. The maximum absolute atomic E-state index is 13.0. The molecule has 3 aromatic rings. The lowest BCUT2D eigenvalue weighted by atomic mass is 10.0. The Morgan fingerprint density at radius 3 is 2.59 bits per heavy atom. The number of benzene rings is 1. The van der Waals surface area contributed by atoms with Gasteiger partial charge in [0.25, 0.3) is 0 Å². The lowest BCUT2D eigenvalue weighted by Gasteiger charge is -2.28. The second-order valence-electron chi connectivity index (χ2n) is 9.01. The summed E-state index contributed by atoms with van der Waals surface area (Å²) >= 11 is 0. The van der Waals surface area contributed by atoms with E-state index in [4.69, 9.17) is 5.10 Å². The van der Waals surface area contributed by atoms with Crippen LogP contribution in [0.2, 0.25) is 0 Å². The molecule has 0 spiro atoms. The first-order valence-corrected chi connectivity index (χ1v) is 11.7. The van der Waals surface area contributed by atoms with E-state index in [1.165, 1.54) is 16.6 Å². The molecule has 168 valence electrons. The van der Waals surface area contributed by atoms with Crippen molar-refractivity contribution in [2.45, 2.75) is 51.5 Å². The maximum Gasteiger partial charge on any atom is 0.223 e. The molecule has 4 heterocycles. The van der Waals surface area contributed by atoms with Crippen molar-refractivity contribution in [1.29, 1.82) is 0 Å². The van der Waals surface area contributed by atoms with Crippen molar-refractivity contribution in [3.63, 3.8) is 0 Å².